The summed E-state index contributed by atoms with van der Waals surface area (Å²) >= 11 is 0. The van der Waals surface area contributed by atoms with Crippen molar-refractivity contribution in [3.63, 3.8) is 0 Å². The maximum absolute atomic E-state index is 14.0. The summed E-state index contributed by atoms with van der Waals surface area (Å²) in [6, 6.07) is 9.84. The normalized spacial score (nSPS) is 12.1. The third-order valence-electron chi connectivity index (χ3n) is 3.88. The van der Waals surface area contributed by atoms with Crippen LogP contribution in [0, 0.1) is 18.6 Å². The molecular formula is C18H22F2N2O2S. The van der Waals surface area contributed by atoms with Crippen molar-refractivity contribution < 1.29 is 17.2 Å². The molecule has 0 saturated carbocycles. The highest BCUT2D eigenvalue weighted by Gasteiger charge is 2.26. The Balaban J connectivity index is 2.39. The van der Waals surface area contributed by atoms with E-state index in [4.69, 9.17) is 0 Å². The molecule has 0 aliphatic heterocycles. The van der Waals surface area contributed by atoms with Crippen LogP contribution in [-0.4, -0.2) is 44.8 Å². The fourth-order valence-corrected chi connectivity index (χ4v) is 3.72. The van der Waals surface area contributed by atoms with Crippen LogP contribution in [0.5, 0.6) is 0 Å². The Morgan fingerprint density at radius 2 is 1.64 bits per heavy atom. The summed E-state index contributed by atoms with van der Waals surface area (Å²) in [6.45, 7) is 2.08. The standard InChI is InChI=1S/C18H22F2N2O2S/c1-14-8-9-16(12-18(14)20)25(23,24)22(11-10-21(2)3)13-15-6-4-5-7-17(15)19/h4-9,12H,10-11,13H2,1-3H3. The number of nitrogens with zero attached hydrogens (tertiary/aromatic N) is 2. The monoisotopic (exact) mass is 368 g/mol. The number of aryl methyl sites for hydroxylation is 1. The second kappa shape index (κ2) is 8.03. The fraction of sp³-hybridized carbons (Fsp3) is 0.333. The second-order valence-corrected chi connectivity index (χ2v) is 8.08. The van der Waals surface area contributed by atoms with Gasteiger partial charge in [0.25, 0.3) is 0 Å². The maximum atomic E-state index is 14.0. The first kappa shape index (κ1) is 19.5. The summed E-state index contributed by atoms with van der Waals surface area (Å²) in [4.78, 5) is 1.70. The Labute approximate surface area is 147 Å². The Kier molecular flexibility index (Phi) is 6.26. The lowest BCUT2D eigenvalue weighted by Crippen LogP contribution is -2.36. The van der Waals surface area contributed by atoms with Crippen molar-refractivity contribution in [2.24, 2.45) is 0 Å². The zero-order valence-corrected chi connectivity index (χ0v) is 15.4. The molecule has 0 spiro atoms. The number of hydrogen-bond acceptors (Lipinski definition) is 3. The molecule has 0 aliphatic carbocycles. The molecule has 0 heterocycles. The zero-order chi connectivity index (χ0) is 18.6. The first-order chi connectivity index (χ1) is 11.7. The van der Waals surface area contributed by atoms with Gasteiger partial charge in [-0.1, -0.05) is 24.3 Å². The summed E-state index contributed by atoms with van der Waals surface area (Å²) in [5, 5.41) is 0. The van der Waals surface area contributed by atoms with E-state index in [2.05, 4.69) is 0 Å². The first-order valence-corrected chi connectivity index (χ1v) is 9.30. The Morgan fingerprint density at radius 3 is 2.24 bits per heavy atom. The van der Waals surface area contributed by atoms with E-state index in [-0.39, 0.29) is 23.5 Å². The van der Waals surface area contributed by atoms with Crippen LogP contribution in [-0.2, 0) is 16.6 Å². The van der Waals surface area contributed by atoms with Crippen molar-refractivity contribution in [2.75, 3.05) is 27.2 Å². The SMILES string of the molecule is Cc1ccc(S(=O)(=O)N(CCN(C)C)Cc2ccccc2F)cc1F. The molecule has 7 heteroatoms. The highest BCUT2D eigenvalue weighted by molar-refractivity contribution is 7.89. The van der Waals surface area contributed by atoms with Crippen LogP contribution < -0.4 is 0 Å². The van der Waals surface area contributed by atoms with Crippen molar-refractivity contribution in [3.05, 3.63) is 65.2 Å². The van der Waals surface area contributed by atoms with E-state index in [0.29, 0.717) is 12.1 Å². The average molecular weight is 368 g/mol. The lowest BCUT2D eigenvalue weighted by atomic mass is 10.2. The van der Waals surface area contributed by atoms with Crippen molar-refractivity contribution in [1.29, 1.82) is 0 Å². The predicted octanol–water partition coefficient (Wildman–Crippen LogP) is 3.03. The number of halogens is 2. The van der Waals surface area contributed by atoms with E-state index in [1.165, 1.54) is 22.5 Å². The molecule has 136 valence electrons. The van der Waals surface area contributed by atoms with Crippen LogP contribution in [0.4, 0.5) is 8.78 Å². The van der Waals surface area contributed by atoms with E-state index < -0.39 is 21.7 Å². The Bertz CT molecular complexity index is 839. The van der Waals surface area contributed by atoms with E-state index in [0.717, 1.165) is 6.07 Å². The molecule has 4 nitrogen and oxygen atoms in total. The van der Waals surface area contributed by atoms with Gasteiger partial charge >= 0.3 is 0 Å². The lowest BCUT2D eigenvalue weighted by Gasteiger charge is -2.24. The summed E-state index contributed by atoms with van der Waals surface area (Å²) in [7, 11) is -0.313. The quantitative estimate of drug-likeness (QED) is 0.754. The molecule has 2 aromatic carbocycles. The molecule has 0 aliphatic rings. The van der Waals surface area contributed by atoms with Crippen LogP contribution >= 0.6 is 0 Å². The summed E-state index contributed by atoms with van der Waals surface area (Å²) in [6.07, 6.45) is 0. The summed E-state index contributed by atoms with van der Waals surface area (Å²) < 4.78 is 54.9. The van der Waals surface area contributed by atoms with Crippen molar-refractivity contribution in [1.82, 2.24) is 9.21 Å². The molecule has 0 amide bonds. The smallest absolute Gasteiger partial charge is 0.243 e. The maximum Gasteiger partial charge on any atom is 0.243 e. The number of rotatable bonds is 7. The fourth-order valence-electron chi connectivity index (χ4n) is 2.30. The van der Waals surface area contributed by atoms with Crippen LogP contribution in [0.2, 0.25) is 0 Å². The van der Waals surface area contributed by atoms with Gasteiger partial charge in [0, 0.05) is 25.2 Å². The van der Waals surface area contributed by atoms with Crippen LogP contribution in [0.15, 0.2) is 47.4 Å². The van der Waals surface area contributed by atoms with E-state index in [1.54, 1.807) is 25.1 Å². The van der Waals surface area contributed by atoms with E-state index in [1.807, 2.05) is 19.0 Å². The number of benzene rings is 2. The largest absolute Gasteiger partial charge is 0.308 e. The number of likely N-dealkylation sites (N-methyl/N-ethyl adjacent to an activating group) is 1. The summed E-state index contributed by atoms with van der Waals surface area (Å²) in [5.74, 6) is -1.05. The van der Waals surface area contributed by atoms with Crippen molar-refractivity contribution >= 4 is 10.0 Å². The number of hydrogen-bond donors (Lipinski definition) is 0. The van der Waals surface area contributed by atoms with E-state index >= 15 is 0 Å². The van der Waals surface area contributed by atoms with Gasteiger partial charge in [-0.25, -0.2) is 17.2 Å². The molecule has 2 aromatic rings. The Hall–Kier alpha value is -1.83. The van der Waals surface area contributed by atoms with Crippen molar-refractivity contribution in [3.8, 4) is 0 Å². The van der Waals surface area contributed by atoms with Crippen LogP contribution in [0.1, 0.15) is 11.1 Å². The van der Waals surface area contributed by atoms with Crippen LogP contribution in [0.25, 0.3) is 0 Å². The molecule has 0 bridgehead atoms. The van der Waals surface area contributed by atoms with Gasteiger partial charge in [0.1, 0.15) is 11.6 Å². The number of sulfonamides is 1. The highest BCUT2D eigenvalue weighted by atomic mass is 32.2. The molecule has 25 heavy (non-hydrogen) atoms. The summed E-state index contributed by atoms with van der Waals surface area (Å²) in [5.41, 5.74) is 0.644. The Morgan fingerprint density at radius 1 is 0.960 bits per heavy atom. The molecule has 0 N–H and O–H groups in total. The molecular weight excluding hydrogens is 346 g/mol. The van der Waals surface area contributed by atoms with Crippen LogP contribution in [0.3, 0.4) is 0 Å². The molecule has 0 fully saturated rings. The van der Waals surface area contributed by atoms with Gasteiger partial charge in [-0.15, -0.1) is 0 Å². The third kappa shape index (κ3) is 4.84. The minimum Gasteiger partial charge on any atom is -0.308 e. The first-order valence-electron chi connectivity index (χ1n) is 7.86. The van der Waals surface area contributed by atoms with Gasteiger partial charge in [0.15, 0.2) is 0 Å². The molecule has 0 aromatic heterocycles. The third-order valence-corrected chi connectivity index (χ3v) is 5.72. The van der Waals surface area contributed by atoms with Gasteiger partial charge in [-0.05, 0) is 44.8 Å². The lowest BCUT2D eigenvalue weighted by molar-refractivity contribution is 0.326. The molecule has 0 saturated heterocycles. The molecule has 0 unspecified atom stereocenters. The topological polar surface area (TPSA) is 40.6 Å². The molecule has 2 rings (SSSR count). The van der Waals surface area contributed by atoms with Gasteiger partial charge in [0.05, 0.1) is 4.90 Å². The molecule has 0 radical (unpaired) electrons. The minimum atomic E-state index is -3.95. The zero-order valence-electron chi connectivity index (χ0n) is 14.5. The highest BCUT2D eigenvalue weighted by Crippen LogP contribution is 2.21. The van der Waals surface area contributed by atoms with E-state index in [9.17, 15) is 17.2 Å². The van der Waals surface area contributed by atoms with Crippen molar-refractivity contribution in [2.45, 2.75) is 18.4 Å². The molecule has 0 atom stereocenters. The van der Waals surface area contributed by atoms with Gasteiger partial charge < -0.3 is 4.90 Å². The second-order valence-electron chi connectivity index (χ2n) is 6.14. The minimum absolute atomic E-state index is 0.113. The van der Waals surface area contributed by atoms with Gasteiger partial charge in [-0.2, -0.15) is 4.31 Å². The predicted molar refractivity (Wildman–Crippen MR) is 93.7 cm³/mol. The average Bonchev–Trinajstić information content (AvgIpc) is 2.55. The van der Waals surface area contributed by atoms with Gasteiger partial charge in [0.2, 0.25) is 10.0 Å². The van der Waals surface area contributed by atoms with Gasteiger partial charge in [-0.3, -0.25) is 0 Å².